The van der Waals surface area contributed by atoms with Crippen LogP contribution >= 0.6 is 15.9 Å². The molecule has 0 spiro atoms. The maximum Gasteiger partial charge on any atom is 0.183 e. The number of hydrogen-bond acceptors (Lipinski definition) is 4. The summed E-state index contributed by atoms with van der Waals surface area (Å²) in [5, 5.41) is 12.4. The summed E-state index contributed by atoms with van der Waals surface area (Å²) in [5.41, 5.74) is 7.60. The predicted molar refractivity (Wildman–Crippen MR) is 79.9 cm³/mol. The van der Waals surface area contributed by atoms with E-state index in [-0.39, 0.29) is 0 Å². The van der Waals surface area contributed by atoms with Crippen LogP contribution in [0, 0.1) is 11.8 Å². The van der Waals surface area contributed by atoms with Crippen molar-refractivity contribution in [3.8, 4) is 11.4 Å². The predicted octanol–water partition coefficient (Wildman–Crippen LogP) is 3.05. The van der Waals surface area contributed by atoms with E-state index >= 15 is 0 Å². The van der Waals surface area contributed by atoms with E-state index in [1.54, 1.807) is 0 Å². The number of fused-ring (bicyclic) bond motifs is 2. The van der Waals surface area contributed by atoms with Crippen LogP contribution in [-0.2, 0) is 0 Å². The molecule has 0 radical (unpaired) electrons. The second-order valence-corrected chi connectivity index (χ2v) is 6.78. The third kappa shape index (κ3) is 1.85. The van der Waals surface area contributed by atoms with Gasteiger partial charge < -0.3 is 5.73 Å². The van der Waals surface area contributed by atoms with E-state index in [4.69, 9.17) is 5.73 Å². The first-order valence-corrected chi connectivity index (χ1v) is 7.85. The number of nitrogens with zero attached hydrogens (tertiary/aromatic N) is 4. The molecule has 1 heterocycles. The van der Waals surface area contributed by atoms with Crippen LogP contribution in [0.1, 0.15) is 31.7 Å². The van der Waals surface area contributed by atoms with Crippen molar-refractivity contribution in [1.82, 2.24) is 20.2 Å². The molecule has 0 aliphatic heterocycles. The number of halogens is 1. The highest BCUT2D eigenvalue weighted by Crippen LogP contribution is 2.51. The number of tetrazole rings is 1. The molecule has 3 atom stereocenters. The van der Waals surface area contributed by atoms with Gasteiger partial charge in [0.05, 0.1) is 6.04 Å². The number of nitrogen functional groups attached to an aromatic ring is 1. The fourth-order valence-corrected chi connectivity index (χ4v) is 4.24. The van der Waals surface area contributed by atoms with Crippen LogP contribution in [-0.4, -0.2) is 20.2 Å². The zero-order chi connectivity index (χ0) is 13.7. The summed E-state index contributed by atoms with van der Waals surface area (Å²) in [4.78, 5) is 0. The lowest BCUT2D eigenvalue weighted by molar-refractivity contribution is 0.304. The molecule has 2 bridgehead atoms. The molecular weight excluding hydrogens is 318 g/mol. The second kappa shape index (κ2) is 4.55. The van der Waals surface area contributed by atoms with Gasteiger partial charge in [0.1, 0.15) is 0 Å². The molecular formula is C14H16BrN5. The van der Waals surface area contributed by atoms with Crippen LogP contribution in [0.2, 0.25) is 0 Å². The standard InChI is InChI=1S/C14H16BrN5/c15-12-4-3-10(16)7-11(12)14-17-18-19-20(14)13-6-8-1-2-9(13)5-8/h3-4,7-9,13H,1-2,5-6,16H2. The summed E-state index contributed by atoms with van der Waals surface area (Å²) in [7, 11) is 0. The molecule has 5 nitrogen and oxygen atoms in total. The summed E-state index contributed by atoms with van der Waals surface area (Å²) < 4.78 is 2.99. The van der Waals surface area contributed by atoms with Gasteiger partial charge in [0.15, 0.2) is 5.82 Å². The largest absolute Gasteiger partial charge is 0.399 e. The highest BCUT2D eigenvalue weighted by molar-refractivity contribution is 9.10. The van der Waals surface area contributed by atoms with Crippen LogP contribution in [0.5, 0.6) is 0 Å². The van der Waals surface area contributed by atoms with Crippen molar-refractivity contribution in [2.45, 2.75) is 31.7 Å². The molecule has 20 heavy (non-hydrogen) atoms. The number of hydrogen-bond donors (Lipinski definition) is 1. The van der Waals surface area contributed by atoms with Crippen molar-refractivity contribution < 1.29 is 0 Å². The fourth-order valence-electron chi connectivity index (χ4n) is 3.82. The molecule has 2 aromatic rings. The van der Waals surface area contributed by atoms with Gasteiger partial charge in [0, 0.05) is 15.7 Å². The highest BCUT2D eigenvalue weighted by atomic mass is 79.9. The Morgan fingerprint density at radius 1 is 1.25 bits per heavy atom. The Kier molecular flexibility index (Phi) is 2.80. The molecule has 6 heteroatoms. The van der Waals surface area contributed by atoms with Gasteiger partial charge in [-0.3, -0.25) is 0 Å². The normalized spacial score (nSPS) is 28.1. The van der Waals surface area contributed by atoms with Gasteiger partial charge in [-0.25, -0.2) is 4.68 Å². The van der Waals surface area contributed by atoms with Crippen LogP contribution < -0.4 is 5.73 Å². The molecule has 0 saturated heterocycles. The zero-order valence-electron chi connectivity index (χ0n) is 11.0. The summed E-state index contributed by atoms with van der Waals surface area (Å²) >= 11 is 3.57. The summed E-state index contributed by atoms with van der Waals surface area (Å²) in [6, 6.07) is 6.20. The first kappa shape index (κ1) is 12.3. The third-order valence-electron chi connectivity index (χ3n) is 4.74. The van der Waals surface area contributed by atoms with Crippen molar-refractivity contribution in [1.29, 1.82) is 0 Å². The Labute approximate surface area is 125 Å². The van der Waals surface area contributed by atoms with Crippen LogP contribution in [0.15, 0.2) is 22.7 Å². The lowest BCUT2D eigenvalue weighted by Crippen LogP contribution is -2.18. The minimum absolute atomic E-state index is 0.451. The molecule has 2 saturated carbocycles. The van der Waals surface area contributed by atoms with E-state index in [1.807, 2.05) is 22.9 Å². The smallest absolute Gasteiger partial charge is 0.183 e. The second-order valence-electron chi connectivity index (χ2n) is 5.93. The van der Waals surface area contributed by atoms with E-state index in [9.17, 15) is 0 Å². The number of nitrogens with two attached hydrogens (primary N) is 1. The van der Waals surface area contributed by atoms with E-state index in [1.165, 1.54) is 25.7 Å². The van der Waals surface area contributed by atoms with Gasteiger partial charge in [-0.2, -0.15) is 0 Å². The minimum atomic E-state index is 0.451. The number of aromatic nitrogens is 4. The topological polar surface area (TPSA) is 69.6 Å². The lowest BCUT2D eigenvalue weighted by Gasteiger charge is -2.22. The van der Waals surface area contributed by atoms with Crippen molar-refractivity contribution in [3.05, 3.63) is 22.7 Å². The van der Waals surface area contributed by atoms with Gasteiger partial charge >= 0.3 is 0 Å². The van der Waals surface area contributed by atoms with Gasteiger partial charge in [-0.15, -0.1) is 5.10 Å². The zero-order valence-corrected chi connectivity index (χ0v) is 12.6. The van der Waals surface area contributed by atoms with Gasteiger partial charge in [-0.05, 0) is 59.7 Å². The monoisotopic (exact) mass is 333 g/mol. The number of rotatable bonds is 2. The first-order valence-electron chi connectivity index (χ1n) is 7.05. The molecule has 2 aliphatic carbocycles. The molecule has 4 rings (SSSR count). The van der Waals surface area contributed by atoms with Crippen LogP contribution in [0.3, 0.4) is 0 Å². The van der Waals surface area contributed by atoms with Crippen molar-refractivity contribution in [2.75, 3.05) is 5.73 Å². The lowest BCUT2D eigenvalue weighted by atomic mass is 9.95. The quantitative estimate of drug-likeness (QED) is 0.857. The number of anilines is 1. The molecule has 2 N–H and O–H groups in total. The van der Waals surface area contributed by atoms with Crippen LogP contribution in [0.4, 0.5) is 5.69 Å². The van der Waals surface area contributed by atoms with E-state index in [0.717, 1.165) is 33.4 Å². The summed E-state index contributed by atoms with van der Waals surface area (Å²) in [6.45, 7) is 0. The van der Waals surface area contributed by atoms with Crippen molar-refractivity contribution in [2.24, 2.45) is 11.8 Å². The molecule has 1 aromatic carbocycles. The summed E-state index contributed by atoms with van der Waals surface area (Å²) in [6.07, 6.45) is 5.23. The molecule has 2 fully saturated rings. The maximum absolute atomic E-state index is 5.90. The van der Waals surface area contributed by atoms with Gasteiger partial charge in [0.25, 0.3) is 0 Å². The average molecular weight is 334 g/mol. The Balaban J connectivity index is 1.77. The Hall–Kier alpha value is -1.43. The molecule has 1 aromatic heterocycles. The van der Waals surface area contributed by atoms with Crippen molar-refractivity contribution >= 4 is 21.6 Å². The van der Waals surface area contributed by atoms with Gasteiger partial charge in [-0.1, -0.05) is 22.4 Å². The molecule has 3 unspecified atom stereocenters. The number of benzene rings is 1. The SMILES string of the molecule is Nc1ccc(Br)c(-c2nnnn2C2CC3CCC2C3)c1. The molecule has 0 amide bonds. The van der Waals surface area contributed by atoms with Crippen LogP contribution in [0.25, 0.3) is 11.4 Å². The maximum atomic E-state index is 5.90. The van der Waals surface area contributed by atoms with E-state index in [0.29, 0.717) is 6.04 Å². The molecule has 104 valence electrons. The average Bonchev–Trinajstić information content (AvgIpc) is 3.15. The molecule has 2 aliphatic rings. The Morgan fingerprint density at radius 3 is 2.90 bits per heavy atom. The fraction of sp³-hybridized carbons (Fsp3) is 0.500. The van der Waals surface area contributed by atoms with E-state index in [2.05, 4.69) is 31.5 Å². The van der Waals surface area contributed by atoms with E-state index < -0.39 is 0 Å². The third-order valence-corrected chi connectivity index (χ3v) is 5.43. The Morgan fingerprint density at radius 2 is 2.15 bits per heavy atom. The minimum Gasteiger partial charge on any atom is -0.399 e. The summed E-state index contributed by atoms with van der Waals surface area (Å²) in [5.74, 6) is 2.43. The van der Waals surface area contributed by atoms with Gasteiger partial charge in [0.2, 0.25) is 0 Å². The first-order chi connectivity index (χ1) is 9.72. The van der Waals surface area contributed by atoms with Crippen molar-refractivity contribution in [3.63, 3.8) is 0 Å². The Bertz CT molecular complexity index is 653. The highest BCUT2D eigenvalue weighted by Gasteiger charge is 2.42.